The molecule has 0 saturated heterocycles. The molecule has 1 aliphatic carbocycles. The highest BCUT2D eigenvalue weighted by molar-refractivity contribution is 5.92. The molecule has 1 saturated carbocycles. The molecule has 1 fully saturated rings. The molecular weight excluding hydrogens is 446 g/mol. The van der Waals surface area contributed by atoms with E-state index < -0.39 is 5.97 Å². The molecule has 5 rings (SSSR count). The summed E-state index contributed by atoms with van der Waals surface area (Å²) in [6, 6.07) is 7.43. The van der Waals surface area contributed by atoms with Crippen LogP contribution in [-0.4, -0.2) is 38.2 Å². The second kappa shape index (κ2) is 9.82. The van der Waals surface area contributed by atoms with Gasteiger partial charge in [0.2, 0.25) is 5.91 Å². The number of aromatic nitrogens is 2. The minimum atomic E-state index is -1.03. The zero-order chi connectivity index (χ0) is 24.4. The van der Waals surface area contributed by atoms with Gasteiger partial charge in [-0.2, -0.15) is 5.10 Å². The summed E-state index contributed by atoms with van der Waals surface area (Å²) < 4.78 is 13.3. The maximum atomic E-state index is 12.7. The predicted molar refractivity (Wildman–Crippen MR) is 129 cm³/mol. The minimum Gasteiger partial charge on any atom is -0.486 e. The Hall–Kier alpha value is -3.81. The zero-order valence-electron chi connectivity index (χ0n) is 19.8. The SMILES string of the molecule is Cc1cn(C2CCCC2)nc1COc1cc2c(cc1C(=O)O)CCN(C(=O)/C=C/c1ccco1)C2. The van der Waals surface area contributed by atoms with Crippen LogP contribution in [0, 0.1) is 6.92 Å². The fourth-order valence-electron chi connectivity index (χ4n) is 4.87. The van der Waals surface area contributed by atoms with Crippen LogP contribution in [-0.2, 0) is 24.4 Å². The van der Waals surface area contributed by atoms with Crippen molar-refractivity contribution in [2.45, 2.75) is 58.2 Å². The summed E-state index contributed by atoms with van der Waals surface area (Å²) in [5.74, 6) is -0.240. The lowest BCUT2D eigenvalue weighted by Gasteiger charge is -2.29. The van der Waals surface area contributed by atoms with Gasteiger partial charge in [0.15, 0.2) is 0 Å². The molecule has 8 nitrogen and oxygen atoms in total. The van der Waals surface area contributed by atoms with Crippen LogP contribution in [0.15, 0.2) is 47.2 Å². The van der Waals surface area contributed by atoms with Gasteiger partial charge < -0.3 is 19.2 Å². The number of hydrogen-bond donors (Lipinski definition) is 1. The molecule has 0 unspecified atom stereocenters. The van der Waals surface area contributed by atoms with E-state index in [9.17, 15) is 14.7 Å². The number of carbonyl (C=O) groups is 2. The summed E-state index contributed by atoms with van der Waals surface area (Å²) >= 11 is 0. The molecule has 3 heterocycles. The number of rotatable bonds is 7. The van der Waals surface area contributed by atoms with Crippen LogP contribution in [0.1, 0.15) is 70.2 Å². The van der Waals surface area contributed by atoms with Gasteiger partial charge in [0.25, 0.3) is 0 Å². The number of carbonyl (C=O) groups excluding carboxylic acids is 1. The first-order valence-electron chi connectivity index (χ1n) is 12.0. The second-order valence-electron chi connectivity index (χ2n) is 9.25. The standard InChI is InChI=1S/C27H29N3O5/c1-18-15-30(21-5-2-3-6-21)28-24(18)17-35-25-14-20-16-29(11-10-19(20)13-23(25)27(32)33)26(31)9-8-22-7-4-12-34-22/h4,7-9,12-15,21H,2-3,5-6,10-11,16-17H2,1H3,(H,32,33)/b9-8+. The van der Waals surface area contributed by atoms with Crippen molar-refractivity contribution >= 4 is 18.0 Å². The Kier molecular flexibility index (Phi) is 6.44. The van der Waals surface area contributed by atoms with Crippen molar-refractivity contribution in [3.05, 3.63) is 76.5 Å². The maximum Gasteiger partial charge on any atom is 0.339 e. The van der Waals surface area contributed by atoms with E-state index in [4.69, 9.17) is 14.3 Å². The number of aryl methyl sites for hydroxylation is 1. The normalized spacial score (nSPS) is 16.1. The Morgan fingerprint density at radius 3 is 2.83 bits per heavy atom. The smallest absolute Gasteiger partial charge is 0.339 e. The molecule has 0 bridgehead atoms. The molecular formula is C27H29N3O5. The third-order valence-electron chi connectivity index (χ3n) is 6.87. The first-order valence-corrected chi connectivity index (χ1v) is 12.0. The number of fused-ring (bicyclic) bond motifs is 1. The first-order chi connectivity index (χ1) is 17.0. The lowest BCUT2D eigenvalue weighted by molar-refractivity contribution is -0.126. The van der Waals surface area contributed by atoms with E-state index in [1.807, 2.05) is 11.6 Å². The van der Waals surface area contributed by atoms with Gasteiger partial charge in [-0.25, -0.2) is 4.79 Å². The lowest BCUT2D eigenvalue weighted by Crippen LogP contribution is -2.35. The molecule has 8 heteroatoms. The number of furan rings is 1. The Morgan fingerprint density at radius 2 is 2.09 bits per heavy atom. The maximum absolute atomic E-state index is 12.7. The first kappa shape index (κ1) is 23.0. The summed E-state index contributed by atoms with van der Waals surface area (Å²) in [5, 5.41) is 14.5. The van der Waals surface area contributed by atoms with E-state index in [1.165, 1.54) is 18.9 Å². The van der Waals surface area contributed by atoms with Crippen LogP contribution >= 0.6 is 0 Å². The molecule has 1 aliphatic heterocycles. The van der Waals surface area contributed by atoms with Gasteiger partial charge >= 0.3 is 5.97 Å². The summed E-state index contributed by atoms with van der Waals surface area (Å²) in [6.45, 7) is 3.11. The average molecular weight is 476 g/mol. The van der Waals surface area contributed by atoms with Crippen molar-refractivity contribution in [1.82, 2.24) is 14.7 Å². The molecule has 3 aromatic rings. The van der Waals surface area contributed by atoms with E-state index in [1.54, 1.807) is 41.5 Å². The highest BCUT2D eigenvalue weighted by atomic mass is 16.5. The number of hydrogen-bond acceptors (Lipinski definition) is 5. The summed E-state index contributed by atoms with van der Waals surface area (Å²) in [6.07, 6.45) is 12.1. The van der Waals surface area contributed by atoms with Crippen molar-refractivity contribution < 1.29 is 23.8 Å². The molecule has 0 spiro atoms. The molecule has 0 radical (unpaired) electrons. The van der Waals surface area contributed by atoms with Gasteiger partial charge in [0.05, 0.1) is 12.3 Å². The summed E-state index contributed by atoms with van der Waals surface area (Å²) in [4.78, 5) is 26.4. The van der Waals surface area contributed by atoms with E-state index >= 15 is 0 Å². The fraction of sp³-hybridized carbons (Fsp3) is 0.370. The third kappa shape index (κ3) is 5.01. The van der Waals surface area contributed by atoms with Gasteiger partial charge in [-0.1, -0.05) is 12.8 Å². The Morgan fingerprint density at radius 1 is 1.26 bits per heavy atom. The average Bonchev–Trinajstić information content (AvgIpc) is 3.62. The number of benzene rings is 1. The summed E-state index contributed by atoms with van der Waals surface area (Å²) in [5.41, 5.74) is 3.80. The summed E-state index contributed by atoms with van der Waals surface area (Å²) in [7, 11) is 0. The van der Waals surface area contributed by atoms with Gasteiger partial charge in [0, 0.05) is 25.4 Å². The van der Waals surface area contributed by atoms with Crippen molar-refractivity contribution in [2.75, 3.05) is 6.54 Å². The van der Waals surface area contributed by atoms with Gasteiger partial charge in [-0.3, -0.25) is 9.48 Å². The largest absolute Gasteiger partial charge is 0.486 e. The van der Waals surface area contributed by atoms with E-state index in [-0.39, 0.29) is 18.1 Å². The van der Waals surface area contributed by atoms with Gasteiger partial charge in [-0.05, 0) is 73.2 Å². The van der Waals surface area contributed by atoms with Crippen LogP contribution in [0.2, 0.25) is 0 Å². The molecule has 2 aliphatic rings. The van der Waals surface area contributed by atoms with Gasteiger partial charge in [0.1, 0.15) is 29.4 Å². The van der Waals surface area contributed by atoms with Crippen LogP contribution in [0.3, 0.4) is 0 Å². The number of carboxylic acid groups (broad SMARTS) is 1. The highest BCUT2D eigenvalue weighted by Crippen LogP contribution is 2.31. The van der Waals surface area contributed by atoms with E-state index in [0.717, 1.165) is 35.2 Å². The molecule has 35 heavy (non-hydrogen) atoms. The van der Waals surface area contributed by atoms with E-state index in [0.29, 0.717) is 37.1 Å². The van der Waals surface area contributed by atoms with Crippen LogP contribution in [0.5, 0.6) is 5.75 Å². The van der Waals surface area contributed by atoms with Crippen molar-refractivity contribution in [1.29, 1.82) is 0 Å². The molecule has 1 aromatic carbocycles. The number of aromatic carboxylic acids is 1. The number of amides is 1. The lowest BCUT2D eigenvalue weighted by atomic mass is 9.96. The monoisotopic (exact) mass is 475 g/mol. The fourth-order valence-corrected chi connectivity index (χ4v) is 4.87. The number of carboxylic acids is 1. The van der Waals surface area contributed by atoms with Crippen molar-refractivity contribution in [3.63, 3.8) is 0 Å². The quantitative estimate of drug-likeness (QED) is 0.494. The second-order valence-corrected chi connectivity index (χ2v) is 9.25. The Labute approximate surface area is 203 Å². The minimum absolute atomic E-state index is 0.120. The number of ether oxygens (including phenoxy) is 1. The van der Waals surface area contributed by atoms with Crippen LogP contribution in [0.25, 0.3) is 6.08 Å². The molecule has 1 N–H and O–H groups in total. The Bertz CT molecular complexity index is 1250. The zero-order valence-corrected chi connectivity index (χ0v) is 19.8. The van der Waals surface area contributed by atoms with Crippen molar-refractivity contribution in [2.24, 2.45) is 0 Å². The molecule has 1 amide bonds. The topological polar surface area (TPSA) is 97.8 Å². The number of nitrogens with zero attached hydrogens (tertiary/aromatic N) is 3. The van der Waals surface area contributed by atoms with Crippen LogP contribution < -0.4 is 4.74 Å². The van der Waals surface area contributed by atoms with E-state index in [2.05, 4.69) is 6.20 Å². The molecule has 2 aromatic heterocycles. The molecule has 182 valence electrons. The molecule has 0 atom stereocenters. The Balaban J connectivity index is 1.32. The third-order valence-corrected chi connectivity index (χ3v) is 6.87. The van der Waals surface area contributed by atoms with Crippen molar-refractivity contribution in [3.8, 4) is 5.75 Å². The van der Waals surface area contributed by atoms with Gasteiger partial charge in [-0.15, -0.1) is 0 Å². The highest BCUT2D eigenvalue weighted by Gasteiger charge is 2.24. The predicted octanol–water partition coefficient (Wildman–Crippen LogP) is 4.77. The van der Waals surface area contributed by atoms with Crippen LogP contribution in [0.4, 0.5) is 0 Å².